The Bertz CT molecular complexity index is 859. The van der Waals surface area contributed by atoms with Crippen molar-refractivity contribution in [3.63, 3.8) is 0 Å². The van der Waals surface area contributed by atoms with Crippen molar-refractivity contribution in [2.45, 2.75) is 0 Å². The van der Waals surface area contributed by atoms with E-state index in [2.05, 4.69) is 20.6 Å². The number of benzene rings is 2. The zero-order valence-corrected chi connectivity index (χ0v) is 12.6. The summed E-state index contributed by atoms with van der Waals surface area (Å²) in [4.78, 5) is 20.1. The third kappa shape index (κ3) is 3.61. The van der Waals surface area contributed by atoms with E-state index in [-0.39, 0.29) is 11.6 Å². The van der Waals surface area contributed by atoms with Crippen LogP contribution in [0.15, 0.2) is 53.5 Å². The summed E-state index contributed by atoms with van der Waals surface area (Å²) < 4.78 is 14.4. The standard InChI is InChI=1S/C15H12FN5OS/c16-9-5-1-2-6-10(9)18-14(22)20-13(17)21-15-19-11-7-3-4-8-12(11)23-15/h1-8H,(H4,17,18,19,20,21,22). The van der Waals surface area contributed by atoms with Crippen molar-refractivity contribution in [3.05, 3.63) is 54.3 Å². The van der Waals surface area contributed by atoms with E-state index >= 15 is 0 Å². The number of carbonyl (C=O) groups is 1. The van der Waals surface area contributed by atoms with Crippen molar-refractivity contribution in [2.24, 2.45) is 10.7 Å². The first-order valence-corrected chi connectivity index (χ1v) is 7.46. The Hall–Kier alpha value is -3.00. The van der Waals surface area contributed by atoms with Crippen molar-refractivity contribution in [2.75, 3.05) is 5.32 Å². The molecule has 0 aliphatic carbocycles. The van der Waals surface area contributed by atoms with Crippen LogP contribution < -0.4 is 16.4 Å². The van der Waals surface area contributed by atoms with Crippen molar-refractivity contribution in [3.8, 4) is 0 Å². The summed E-state index contributed by atoms with van der Waals surface area (Å²) in [7, 11) is 0. The second kappa shape index (κ2) is 6.41. The van der Waals surface area contributed by atoms with Crippen molar-refractivity contribution >= 4 is 44.4 Å². The fourth-order valence-corrected chi connectivity index (χ4v) is 2.72. The molecule has 6 nitrogen and oxygen atoms in total. The Kier molecular flexibility index (Phi) is 4.15. The Morgan fingerprint density at radius 2 is 1.91 bits per heavy atom. The van der Waals surface area contributed by atoms with Gasteiger partial charge in [0.1, 0.15) is 5.82 Å². The van der Waals surface area contributed by atoms with Gasteiger partial charge in [0.05, 0.1) is 15.9 Å². The molecule has 0 aliphatic heterocycles. The van der Waals surface area contributed by atoms with Crippen LogP contribution in [-0.4, -0.2) is 17.0 Å². The lowest BCUT2D eigenvalue weighted by Gasteiger charge is -2.07. The van der Waals surface area contributed by atoms with Gasteiger partial charge >= 0.3 is 6.03 Å². The Morgan fingerprint density at radius 3 is 2.70 bits per heavy atom. The lowest BCUT2D eigenvalue weighted by molar-refractivity contribution is 0.256. The predicted molar refractivity (Wildman–Crippen MR) is 89.5 cm³/mol. The molecule has 0 spiro atoms. The molecule has 4 N–H and O–H groups in total. The average Bonchev–Trinajstić information content (AvgIpc) is 2.91. The van der Waals surface area contributed by atoms with E-state index in [1.807, 2.05) is 24.3 Å². The number of nitrogens with two attached hydrogens (primary N) is 1. The zero-order valence-electron chi connectivity index (χ0n) is 11.8. The second-order valence-corrected chi connectivity index (χ2v) is 5.53. The van der Waals surface area contributed by atoms with Gasteiger partial charge in [-0.05, 0) is 24.3 Å². The summed E-state index contributed by atoms with van der Waals surface area (Å²) in [6, 6.07) is 12.7. The van der Waals surface area contributed by atoms with E-state index in [1.165, 1.54) is 29.5 Å². The normalized spacial score (nSPS) is 11.4. The molecule has 2 amide bonds. The van der Waals surface area contributed by atoms with Crippen LogP contribution in [0.2, 0.25) is 0 Å². The van der Waals surface area contributed by atoms with Crippen LogP contribution >= 0.6 is 11.3 Å². The van der Waals surface area contributed by atoms with Crippen LogP contribution in [0.3, 0.4) is 0 Å². The van der Waals surface area contributed by atoms with Gasteiger partial charge < -0.3 is 11.1 Å². The van der Waals surface area contributed by atoms with Gasteiger partial charge in [0, 0.05) is 0 Å². The van der Waals surface area contributed by atoms with Gasteiger partial charge in [-0.3, -0.25) is 5.32 Å². The summed E-state index contributed by atoms with van der Waals surface area (Å²) in [5.74, 6) is -0.665. The van der Waals surface area contributed by atoms with Crippen LogP contribution in [0.5, 0.6) is 0 Å². The summed E-state index contributed by atoms with van der Waals surface area (Å²) in [5.41, 5.74) is 6.53. The van der Waals surface area contributed by atoms with E-state index in [9.17, 15) is 9.18 Å². The predicted octanol–water partition coefficient (Wildman–Crippen LogP) is 3.20. The highest BCUT2D eigenvalue weighted by Crippen LogP contribution is 2.27. The highest BCUT2D eigenvalue weighted by Gasteiger charge is 2.08. The van der Waals surface area contributed by atoms with E-state index in [0.717, 1.165) is 10.2 Å². The Balaban J connectivity index is 1.69. The molecule has 3 aromatic rings. The third-order valence-corrected chi connectivity index (χ3v) is 3.79. The molecule has 2 aromatic carbocycles. The van der Waals surface area contributed by atoms with Crippen LogP contribution in [0.1, 0.15) is 0 Å². The maximum absolute atomic E-state index is 13.4. The number of fused-ring (bicyclic) bond motifs is 1. The fourth-order valence-electron chi connectivity index (χ4n) is 1.87. The van der Waals surface area contributed by atoms with Gasteiger partial charge in [-0.25, -0.2) is 14.2 Å². The molecule has 0 saturated carbocycles. The molecule has 0 radical (unpaired) electrons. The molecule has 23 heavy (non-hydrogen) atoms. The van der Waals surface area contributed by atoms with Gasteiger partial charge in [-0.15, -0.1) is 0 Å². The maximum Gasteiger partial charge on any atom is 0.326 e. The Morgan fingerprint density at radius 1 is 1.17 bits per heavy atom. The molecule has 0 atom stereocenters. The molecule has 0 fully saturated rings. The van der Waals surface area contributed by atoms with E-state index < -0.39 is 11.8 Å². The largest absolute Gasteiger partial charge is 0.369 e. The highest BCUT2D eigenvalue weighted by molar-refractivity contribution is 7.22. The number of aromatic nitrogens is 1. The quantitative estimate of drug-likeness (QED) is 0.498. The molecule has 116 valence electrons. The van der Waals surface area contributed by atoms with Crippen LogP contribution in [0.4, 0.5) is 20.0 Å². The fraction of sp³-hybridized carbons (Fsp3) is 0. The number of para-hydroxylation sites is 2. The third-order valence-electron chi connectivity index (χ3n) is 2.86. The minimum Gasteiger partial charge on any atom is -0.369 e. The number of nitrogens with one attached hydrogen (secondary N) is 2. The molecule has 1 heterocycles. The number of halogens is 1. The molecule has 0 unspecified atom stereocenters. The lowest BCUT2D eigenvalue weighted by atomic mass is 10.3. The van der Waals surface area contributed by atoms with Crippen LogP contribution in [0, 0.1) is 5.82 Å². The summed E-state index contributed by atoms with van der Waals surface area (Å²) in [6.45, 7) is 0. The monoisotopic (exact) mass is 329 g/mol. The number of carbonyl (C=O) groups excluding carboxylic acids is 1. The van der Waals surface area contributed by atoms with Crippen molar-refractivity contribution < 1.29 is 9.18 Å². The molecular weight excluding hydrogens is 317 g/mol. The van der Waals surface area contributed by atoms with Gasteiger partial charge in [-0.2, -0.15) is 4.99 Å². The first-order chi connectivity index (χ1) is 11.1. The summed E-state index contributed by atoms with van der Waals surface area (Å²) in [6.07, 6.45) is 0. The molecule has 1 aromatic heterocycles. The van der Waals surface area contributed by atoms with Crippen molar-refractivity contribution in [1.29, 1.82) is 0 Å². The highest BCUT2D eigenvalue weighted by atomic mass is 32.1. The summed E-state index contributed by atoms with van der Waals surface area (Å²) in [5, 5.41) is 5.10. The zero-order chi connectivity index (χ0) is 16.2. The topological polar surface area (TPSA) is 92.4 Å². The molecule has 8 heteroatoms. The number of anilines is 1. The Labute approximate surface area is 134 Å². The van der Waals surface area contributed by atoms with Gasteiger partial charge in [-0.1, -0.05) is 35.6 Å². The number of nitrogens with zero attached hydrogens (tertiary/aromatic N) is 2. The van der Waals surface area contributed by atoms with Gasteiger partial charge in [0.2, 0.25) is 11.1 Å². The molecule has 3 rings (SSSR count). The van der Waals surface area contributed by atoms with E-state index in [0.29, 0.717) is 5.13 Å². The maximum atomic E-state index is 13.4. The summed E-state index contributed by atoms with van der Waals surface area (Å²) >= 11 is 1.35. The number of hydrogen-bond acceptors (Lipinski definition) is 4. The van der Waals surface area contributed by atoms with Crippen LogP contribution in [-0.2, 0) is 0 Å². The number of thiazole rings is 1. The van der Waals surface area contributed by atoms with E-state index in [4.69, 9.17) is 5.73 Å². The second-order valence-electron chi connectivity index (χ2n) is 4.52. The molecule has 0 saturated heterocycles. The van der Waals surface area contributed by atoms with Gasteiger partial charge in [0.15, 0.2) is 0 Å². The number of rotatable bonds is 2. The first kappa shape index (κ1) is 14.9. The molecular formula is C15H12FN5OS. The van der Waals surface area contributed by atoms with Crippen molar-refractivity contribution in [1.82, 2.24) is 10.3 Å². The molecule has 0 bridgehead atoms. The SMILES string of the molecule is NC(=Nc1nc2ccccc2s1)NC(=O)Nc1ccccc1F. The minimum atomic E-state index is -0.683. The number of aliphatic imine (C=N–C) groups is 1. The smallest absolute Gasteiger partial charge is 0.326 e. The van der Waals surface area contributed by atoms with E-state index in [1.54, 1.807) is 6.07 Å². The van der Waals surface area contributed by atoms with Gasteiger partial charge in [0.25, 0.3) is 0 Å². The minimum absolute atomic E-state index is 0.0535. The first-order valence-electron chi connectivity index (χ1n) is 6.64. The number of urea groups is 1. The lowest BCUT2D eigenvalue weighted by Crippen LogP contribution is -2.39. The number of amides is 2. The number of guanidine groups is 1. The number of hydrogen-bond donors (Lipinski definition) is 3. The van der Waals surface area contributed by atoms with Crippen LogP contribution in [0.25, 0.3) is 10.2 Å². The average molecular weight is 329 g/mol. The molecule has 0 aliphatic rings.